The normalized spacial score (nSPS) is 30.2. The molecule has 6 nitrogen and oxygen atoms in total. The number of allylic oxidation sites excluding steroid dienone is 8. The van der Waals surface area contributed by atoms with Gasteiger partial charge < -0.3 is 15.4 Å². The molecule has 2 aromatic rings. The predicted octanol–water partition coefficient (Wildman–Crippen LogP) is 10.8. The Balaban J connectivity index is 1.00. The molecule has 2 N–H and O–H groups in total. The highest BCUT2D eigenvalue weighted by Gasteiger charge is 2.59. The Bertz CT molecular complexity index is 1840. The number of rotatable bonds is 6. The zero-order valence-electron chi connectivity index (χ0n) is 29.9. The lowest BCUT2D eigenvalue weighted by Crippen LogP contribution is -2.27. The molecule has 6 heteroatoms. The molecular formula is C43H49N5O. The van der Waals surface area contributed by atoms with Crippen molar-refractivity contribution in [1.29, 1.82) is 0 Å². The molecule has 252 valence electrons. The fraction of sp³-hybridized carbons (Fsp3) is 0.465. The quantitative estimate of drug-likeness (QED) is 0.303. The Morgan fingerprint density at radius 3 is 1.53 bits per heavy atom. The third-order valence-electron chi connectivity index (χ3n) is 13.8. The van der Waals surface area contributed by atoms with Crippen molar-refractivity contribution in [2.75, 3.05) is 10.6 Å². The number of ether oxygens (including phenoxy) is 1. The first-order valence-corrected chi connectivity index (χ1v) is 18.2. The standard InChI is InChI=1S/C43H49N5O/c1-40(2)30-20-22-42(40,5)32(26-30)24-28-12-16-34(17-13-28)44-37-46-38(48-39(47-37)49-36-10-8-7-9-11-36)45-35-18-14-29(15-19-35)25-33-27-31-21-23-43(33,6)41(31,3)4/h7-12,14,16-19,30-31H,13,15,20-23,26-27H2,1-6H3,(H2,44,45,46,47,48). The Hall–Kier alpha value is -4.37. The largest absolute Gasteiger partial charge is 0.424 e. The van der Waals surface area contributed by atoms with Gasteiger partial charge in [-0.3, -0.25) is 0 Å². The molecule has 0 radical (unpaired) electrons. The maximum Gasteiger partial charge on any atom is 0.328 e. The van der Waals surface area contributed by atoms with Gasteiger partial charge in [-0.15, -0.1) is 11.5 Å². The minimum Gasteiger partial charge on any atom is -0.424 e. The molecular weight excluding hydrogens is 603 g/mol. The third kappa shape index (κ3) is 5.46. The molecule has 0 saturated heterocycles. The van der Waals surface area contributed by atoms with Gasteiger partial charge in [0.15, 0.2) is 0 Å². The smallest absolute Gasteiger partial charge is 0.328 e. The highest BCUT2D eigenvalue weighted by molar-refractivity contribution is 5.51. The summed E-state index contributed by atoms with van der Waals surface area (Å²) in [6, 6.07) is 9.83. The molecule has 0 amide bonds. The van der Waals surface area contributed by atoms with Crippen LogP contribution in [0.3, 0.4) is 0 Å². The number of nitrogens with zero attached hydrogens (tertiary/aromatic N) is 3. The van der Waals surface area contributed by atoms with E-state index in [9.17, 15) is 0 Å². The molecule has 1 heterocycles. The number of fused-ring (bicyclic) bond motifs is 4. The summed E-state index contributed by atoms with van der Waals surface area (Å²) in [6.45, 7) is 14.7. The number of benzene rings is 1. The number of hydrogen-bond acceptors (Lipinski definition) is 6. The van der Waals surface area contributed by atoms with Gasteiger partial charge in [-0.1, -0.05) is 71.9 Å². The fourth-order valence-corrected chi connectivity index (χ4v) is 9.53. The summed E-state index contributed by atoms with van der Waals surface area (Å²) in [7, 11) is 0. The second-order valence-electron chi connectivity index (χ2n) is 16.6. The molecule has 4 unspecified atom stereocenters. The van der Waals surface area contributed by atoms with Gasteiger partial charge in [0, 0.05) is 22.2 Å². The second-order valence-corrected chi connectivity index (χ2v) is 16.6. The van der Waals surface area contributed by atoms with Gasteiger partial charge >= 0.3 is 6.01 Å². The molecule has 6 aliphatic carbocycles. The van der Waals surface area contributed by atoms with Crippen LogP contribution in [0.15, 0.2) is 112 Å². The predicted molar refractivity (Wildman–Crippen MR) is 197 cm³/mol. The van der Waals surface area contributed by atoms with Crippen LogP contribution >= 0.6 is 0 Å². The van der Waals surface area contributed by atoms with Crippen LogP contribution in [0.1, 0.15) is 92.9 Å². The Morgan fingerprint density at radius 2 is 1.14 bits per heavy atom. The van der Waals surface area contributed by atoms with Gasteiger partial charge in [0.1, 0.15) is 5.75 Å². The zero-order valence-corrected chi connectivity index (χ0v) is 29.9. The minimum absolute atomic E-state index is 0.224. The van der Waals surface area contributed by atoms with E-state index < -0.39 is 0 Å². The van der Waals surface area contributed by atoms with E-state index >= 15 is 0 Å². The van der Waals surface area contributed by atoms with Gasteiger partial charge in [0.25, 0.3) is 0 Å². The maximum absolute atomic E-state index is 6.07. The zero-order chi connectivity index (χ0) is 34.0. The molecule has 1 aromatic heterocycles. The van der Waals surface area contributed by atoms with Crippen LogP contribution < -0.4 is 15.4 Å². The maximum atomic E-state index is 6.07. The summed E-state index contributed by atoms with van der Waals surface area (Å²) in [4.78, 5) is 14.0. The van der Waals surface area contributed by atoms with Crippen LogP contribution in [0.5, 0.6) is 11.8 Å². The van der Waals surface area contributed by atoms with Gasteiger partial charge in [-0.2, -0.15) is 15.0 Å². The number of aromatic nitrogens is 3. The van der Waals surface area contributed by atoms with Crippen molar-refractivity contribution >= 4 is 11.9 Å². The molecule has 4 saturated carbocycles. The van der Waals surface area contributed by atoms with Gasteiger partial charge in [0.2, 0.25) is 11.9 Å². The van der Waals surface area contributed by atoms with E-state index in [-0.39, 0.29) is 16.8 Å². The average Bonchev–Trinajstić information content (AvgIpc) is 3.59. The average molecular weight is 652 g/mol. The van der Waals surface area contributed by atoms with Crippen molar-refractivity contribution in [2.45, 2.75) is 92.9 Å². The van der Waals surface area contributed by atoms with Crippen LogP contribution in [0.25, 0.3) is 0 Å². The summed E-state index contributed by atoms with van der Waals surface area (Å²) in [5.74, 6) is 3.06. The van der Waals surface area contributed by atoms with Gasteiger partial charge in [-0.05, 0) is 133 Å². The monoisotopic (exact) mass is 651 g/mol. The van der Waals surface area contributed by atoms with E-state index in [2.05, 4.69) is 110 Å². The SMILES string of the molecule is CC12CCC(CC1=C=C1C=CC(Nc3nc(NC4=CCC(=C=C5CC6CCC5(C)C6(C)C)C=C4)nc(Oc4ccccc4)n3)=CC1)C2(C)C. The van der Waals surface area contributed by atoms with E-state index in [1.54, 1.807) is 0 Å². The number of para-hydroxylation sites is 1. The highest BCUT2D eigenvalue weighted by atomic mass is 16.5. The molecule has 8 rings (SSSR count). The first-order valence-electron chi connectivity index (χ1n) is 18.2. The lowest BCUT2D eigenvalue weighted by Gasteiger charge is -2.34. The molecule has 1 aromatic carbocycles. The van der Waals surface area contributed by atoms with Crippen LogP contribution in [-0.4, -0.2) is 15.0 Å². The molecule has 4 fully saturated rings. The lowest BCUT2D eigenvalue weighted by atomic mass is 9.69. The van der Waals surface area contributed by atoms with E-state index in [1.807, 2.05) is 30.3 Å². The number of nitrogens with one attached hydrogen (secondary N) is 2. The van der Waals surface area contributed by atoms with E-state index in [1.165, 1.54) is 60.8 Å². The Morgan fingerprint density at radius 1 is 0.653 bits per heavy atom. The topological polar surface area (TPSA) is 72.0 Å². The summed E-state index contributed by atoms with van der Waals surface area (Å²) < 4.78 is 6.07. The van der Waals surface area contributed by atoms with Crippen molar-refractivity contribution in [3.05, 3.63) is 112 Å². The first kappa shape index (κ1) is 31.9. The van der Waals surface area contributed by atoms with E-state index in [0.29, 0.717) is 28.5 Å². The van der Waals surface area contributed by atoms with Crippen molar-refractivity contribution in [3.8, 4) is 11.8 Å². The van der Waals surface area contributed by atoms with Crippen molar-refractivity contribution in [3.63, 3.8) is 0 Å². The Labute approximate surface area is 291 Å². The Kier molecular flexibility index (Phi) is 7.55. The fourth-order valence-electron chi connectivity index (χ4n) is 9.53. The highest BCUT2D eigenvalue weighted by Crippen LogP contribution is 2.68. The number of anilines is 2. The summed E-state index contributed by atoms with van der Waals surface area (Å²) >= 11 is 0. The molecule has 4 bridgehead atoms. The lowest BCUT2D eigenvalue weighted by molar-refractivity contribution is 0.179. The van der Waals surface area contributed by atoms with Gasteiger partial charge in [0.05, 0.1) is 0 Å². The van der Waals surface area contributed by atoms with Crippen LogP contribution in [-0.2, 0) is 0 Å². The van der Waals surface area contributed by atoms with Crippen LogP contribution in [0.4, 0.5) is 11.9 Å². The van der Waals surface area contributed by atoms with Crippen molar-refractivity contribution in [2.24, 2.45) is 33.5 Å². The van der Waals surface area contributed by atoms with Gasteiger partial charge in [-0.25, -0.2) is 0 Å². The second kappa shape index (κ2) is 11.6. The summed E-state index contributed by atoms with van der Waals surface area (Å²) in [5.41, 5.74) is 16.2. The first-order chi connectivity index (χ1) is 23.4. The van der Waals surface area contributed by atoms with E-state index in [0.717, 1.165) is 36.1 Å². The minimum atomic E-state index is 0.224. The van der Waals surface area contributed by atoms with Crippen LogP contribution in [0.2, 0.25) is 0 Å². The summed E-state index contributed by atoms with van der Waals surface area (Å²) in [5, 5.41) is 6.81. The van der Waals surface area contributed by atoms with Crippen LogP contribution in [0, 0.1) is 33.5 Å². The molecule has 49 heavy (non-hydrogen) atoms. The summed E-state index contributed by atoms with van der Waals surface area (Å²) in [6.07, 6.45) is 22.1. The number of hydrogen-bond donors (Lipinski definition) is 2. The van der Waals surface area contributed by atoms with E-state index in [4.69, 9.17) is 9.72 Å². The molecule has 6 aliphatic rings. The third-order valence-corrected chi connectivity index (χ3v) is 13.8. The van der Waals surface area contributed by atoms with Crippen molar-refractivity contribution < 1.29 is 4.74 Å². The van der Waals surface area contributed by atoms with Crippen molar-refractivity contribution in [1.82, 2.24) is 15.0 Å². The molecule has 0 aliphatic heterocycles. The molecule has 4 atom stereocenters. The molecule has 0 spiro atoms.